The van der Waals surface area contributed by atoms with E-state index in [2.05, 4.69) is 4.52 Å². The SMILES string of the molecule is Cc1cc(OP(C)(=O)O)c(C)cc1O[P+](=O)O. The van der Waals surface area contributed by atoms with E-state index in [0.29, 0.717) is 11.1 Å². The van der Waals surface area contributed by atoms with E-state index >= 15 is 0 Å². The Labute approximate surface area is 99.7 Å². The van der Waals surface area contributed by atoms with Gasteiger partial charge in [-0.05, 0) is 31.5 Å². The molecule has 1 aromatic rings. The molecule has 0 spiro atoms. The standard InChI is InChI=1S/C9H12O6P2/c1-6-5-9(15-17(3,12)13)7(2)4-8(6)14-16(10)11/h4-5H,1-3H3,(H-,10,11,12,13)/p+1. The molecule has 0 heterocycles. The summed E-state index contributed by atoms with van der Waals surface area (Å²) in [4.78, 5) is 17.8. The zero-order valence-corrected chi connectivity index (χ0v) is 11.4. The smallest absolute Gasteiger partial charge is 0.424 e. The van der Waals surface area contributed by atoms with Crippen LogP contribution in [0.2, 0.25) is 0 Å². The van der Waals surface area contributed by atoms with Crippen molar-refractivity contribution >= 4 is 15.9 Å². The van der Waals surface area contributed by atoms with Gasteiger partial charge in [-0.1, -0.05) is 0 Å². The molecule has 1 rings (SSSR count). The molecule has 17 heavy (non-hydrogen) atoms. The molecule has 0 aromatic heterocycles. The molecule has 6 nitrogen and oxygen atoms in total. The van der Waals surface area contributed by atoms with Crippen LogP contribution in [0.1, 0.15) is 11.1 Å². The summed E-state index contributed by atoms with van der Waals surface area (Å²) in [6.45, 7) is 4.36. The zero-order chi connectivity index (χ0) is 13.2. The topological polar surface area (TPSA) is 93.1 Å². The van der Waals surface area contributed by atoms with Gasteiger partial charge in [0.25, 0.3) is 0 Å². The van der Waals surface area contributed by atoms with E-state index in [1.807, 2.05) is 0 Å². The Morgan fingerprint density at radius 3 is 2.18 bits per heavy atom. The Kier molecular flexibility index (Phi) is 4.28. The number of hydrogen-bond donors (Lipinski definition) is 2. The Morgan fingerprint density at radius 1 is 1.24 bits per heavy atom. The summed E-state index contributed by atoms with van der Waals surface area (Å²) < 4.78 is 31.3. The van der Waals surface area contributed by atoms with Gasteiger partial charge in [-0.3, -0.25) is 0 Å². The monoisotopic (exact) mass is 279 g/mol. The minimum atomic E-state index is -3.62. The largest absolute Gasteiger partial charge is 0.747 e. The lowest BCUT2D eigenvalue weighted by atomic mass is 10.1. The lowest BCUT2D eigenvalue weighted by Crippen LogP contribution is -1.94. The third-order valence-corrected chi connectivity index (χ3v) is 2.81. The van der Waals surface area contributed by atoms with Crippen LogP contribution in [0.5, 0.6) is 11.5 Å². The van der Waals surface area contributed by atoms with Crippen molar-refractivity contribution in [2.75, 3.05) is 6.66 Å². The normalized spacial score (nSPS) is 15.0. The lowest BCUT2D eigenvalue weighted by molar-refractivity contribution is 0.384. The number of hydrogen-bond acceptors (Lipinski definition) is 4. The van der Waals surface area contributed by atoms with E-state index in [1.165, 1.54) is 12.1 Å². The van der Waals surface area contributed by atoms with Crippen LogP contribution in [0.15, 0.2) is 12.1 Å². The second kappa shape index (κ2) is 5.15. The molecule has 8 heteroatoms. The number of aryl methyl sites for hydroxylation is 2. The van der Waals surface area contributed by atoms with Crippen molar-refractivity contribution < 1.29 is 28.0 Å². The average molecular weight is 279 g/mol. The van der Waals surface area contributed by atoms with E-state index in [1.54, 1.807) is 13.8 Å². The summed E-state index contributed by atoms with van der Waals surface area (Å²) >= 11 is 0. The summed E-state index contributed by atoms with van der Waals surface area (Å²) in [6.07, 6.45) is 0. The van der Waals surface area contributed by atoms with Gasteiger partial charge in [0.15, 0.2) is 5.75 Å². The van der Waals surface area contributed by atoms with Crippen LogP contribution in [0.4, 0.5) is 0 Å². The minimum absolute atomic E-state index is 0.238. The van der Waals surface area contributed by atoms with E-state index in [0.717, 1.165) is 6.66 Å². The van der Waals surface area contributed by atoms with Gasteiger partial charge in [0.05, 0.1) is 0 Å². The highest BCUT2D eigenvalue weighted by molar-refractivity contribution is 7.52. The highest BCUT2D eigenvalue weighted by Crippen LogP contribution is 2.41. The van der Waals surface area contributed by atoms with Gasteiger partial charge >= 0.3 is 15.9 Å². The Morgan fingerprint density at radius 2 is 1.71 bits per heavy atom. The molecule has 2 unspecified atom stereocenters. The molecule has 0 saturated carbocycles. The van der Waals surface area contributed by atoms with Crippen LogP contribution in [-0.2, 0) is 9.13 Å². The first kappa shape index (κ1) is 14.1. The molecule has 2 atom stereocenters. The molecule has 94 valence electrons. The second-order valence-corrected chi connectivity index (χ2v) is 6.05. The lowest BCUT2D eigenvalue weighted by Gasteiger charge is -2.12. The fourth-order valence-electron chi connectivity index (χ4n) is 1.23. The van der Waals surface area contributed by atoms with Gasteiger partial charge in [-0.2, -0.15) is 0 Å². The van der Waals surface area contributed by atoms with Gasteiger partial charge in [0.2, 0.25) is 0 Å². The Hall–Kier alpha value is -0.930. The fraction of sp³-hybridized carbons (Fsp3) is 0.333. The molecule has 2 N–H and O–H groups in total. The molecule has 0 bridgehead atoms. The van der Waals surface area contributed by atoms with Crippen LogP contribution >= 0.6 is 15.9 Å². The summed E-state index contributed by atoms with van der Waals surface area (Å²) in [5, 5.41) is 0. The molecular weight excluding hydrogens is 266 g/mol. The number of benzene rings is 1. The Bertz CT molecular complexity index is 493. The average Bonchev–Trinajstić information content (AvgIpc) is 2.10. The Balaban J connectivity index is 3.09. The maximum absolute atomic E-state index is 11.1. The third kappa shape index (κ3) is 4.44. The van der Waals surface area contributed by atoms with Gasteiger partial charge in [0.1, 0.15) is 5.75 Å². The van der Waals surface area contributed by atoms with Crippen molar-refractivity contribution in [3.8, 4) is 11.5 Å². The van der Waals surface area contributed by atoms with Crippen molar-refractivity contribution in [1.29, 1.82) is 0 Å². The van der Waals surface area contributed by atoms with Gasteiger partial charge in [0, 0.05) is 16.8 Å². The van der Waals surface area contributed by atoms with Crippen LogP contribution in [0.25, 0.3) is 0 Å². The summed E-state index contributed by atoms with van der Waals surface area (Å²) in [7, 11) is -6.36. The molecule has 0 aliphatic rings. The minimum Gasteiger partial charge on any atom is -0.424 e. The third-order valence-electron chi connectivity index (χ3n) is 1.92. The van der Waals surface area contributed by atoms with Crippen molar-refractivity contribution in [3.05, 3.63) is 23.3 Å². The van der Waals surface area contributed by atoms with Crippen molar-refractivity contribution in [3.63, 3.8) is 0 Å². The molecule has 0 fully saturated rings. The zero-order valence-electron chi connectivity index (χ0n) is 9.58. The molecule has 0 aliphatic carbocycles. The molecule has 1 aromatic carbocycles. The summed E-state index contributed by atoms with van der Waals surface area (Å²) in [5.41, 5.74) is 1.08. The molecule has 0 amide bonds. The van der Waals surface area contributed by atoms with Gasteiger partial charge in [-0.25, -0.2) is 9.09 Å². The van der Waals surface area contributed by atoms with E-state index in [-0.39, 0.29) is 11.5 Å². The first-order chi connectivity index (χ1) is 7.69. The fourth-order valence-corrected chi connectivity index (χ4v) is 2.15. The summed E-state index contributed by atoms with van der Waals surface area (Å²) in [5.74, 6) is 0.485. The van der Waals surface area contributed by atoms with Crippen LogP contribution in [0, 0.1) is 13.8 Å². The highest BCUT2D eigenvalue weighted by Gasteiger charge is 2.20. The van der Waals surface area contributed by atoms with Crippen LogP contribution < -0.4 is 9.05 Å². The van der Waals surface area contributed by atoms with E-state index in [4.69, 9.17) is 14.3 Å². The van der Waals surface area contributed by atoms with Crippen molar-refractivity contribution in [1.82, 2.24) is 0 Å². The molecule has 0 aliphatic heterocycles. The van der Waals surface area contributed by atoms with Crippen molar-refractivity contribution in [2.24, 2.45) is 0 Å². The maximum atomic E-state index is 11.1. The second-order valence-electron chi connectivity index (χ2n) is 3.61. The predicted molar refractivity (Wildman–Crippen MR) is 62.7 cm³/mol. The highest BCUT2D eigenvalue weighted by atomic mass is 31.2. The first-order valence-corrected chi connectivity index (χ1v) is 7.80. The molecular formula is C9H13O6P2+. The van der Waals surface area contributed by atoms with Crippen LogP contribution in [-0.4, -0.2) is 16.5 Å². The molecule has 0 radical (unpaired) electrons. The van der Waals surface area contributed by atoms with Gasteiger partial charge < -0.3 is 9.42 Å². The number of rotatable bonds is 4. The van der Waals surface area contributed by atoms with E-state index < -0.39 is 15.9 Å². The first-order valence-electron chi connectivity index (χ1n) is 4.64. The molecule has 0 saturated heterocycles. The van der Waals surface area contributed by atoms with Gasteiger partial charge in [-0.15, -0.1) is 4.89 Å². The summed E-state index contributed by atoms with van der Waals surface area (Å²) in [6, 6.07) is 2.96. The van der Waals surface area contributed by atoms with E-state index in [9.17, 15) is 9.13 Å². The maximum Gasteiger partial charge on any atom is 0.747 e. The quantitative estimate of drug-likeness (QED) is 0.822. The predicted octanol–water partition coefficient (Wildman–Crippen LogP) is 2.53. The van der Waals surface area contributed by atoms with Crippen LogP contribution in [0.3, 0.4) is 0 Å². The van der Waals surface area contributed by atoms with Crippen molar-refractivity contribution in [2.45, 2.75) is 13.8 Å².